The zero-order chi connectivity index (χ0) is 17.3. The van der Waals surface area contributed by atoms with Gasteiger partial charge in [-0.3, -0.25) is 0 Å². The van der Waals surface area contributed by atoms with Crippen molar-refractivity contribution in [2.75, 3.05) is 19.6 Å². The van der Waals surface area contributed by atoms with Crippen molar-refractivity contribution < 1.29 is 23.5 Å². The number of hydrogen-bond donors (Lipinski definition) is 3. The minimum atomic E-state index is -2.81. The summed E-state index contributed by atoms with van der Waals surface area (Å²) in [6.45, 7) is -0.268. The molecular weight excluding hydrogens is 322 g/mol. The van der Waals surface area contributed by atoms with Crippen LogP contribution in [0.2, 0.25) is 0 Å². The maximum absolute atomic E-state index is 13.1. The van der Waals surface area contributed by atoms with E-state index >= 15 is 0 Å². The molecule has 2 heterocycles. The van der Waals surface area contributed by atoms with E-state index in [1.807, 2.05) is 0 Å². The maximum Gasteiger partial charge on any atom is 0.335 e. The summed E-state index contributed by atoms with van der Waals surface area (Å²) in [5.41, 5.74) is 1.37. The largest absolute Gasteiger partial charge is 0.478 e. The zero-order valence-electron chi connectivity index (χ0n) is 12.7. The Labute approximate surface area is 135 Å². The standard InChI is InChI=1S/C15H16F2N4O3/c16-15(17)4-6-21(8-15)14(24)18-5-3-12-19-10-2-1-9(13(22)23)7-11(10)20-12/h1-2,7H,3-6,8H2,(H,18,24)(H,19,20)(H,22,23). The van der Waals surface area contributed by atoms with E-state index in [1.54, 1.807) is 6.07 Å². The van der Waals surface area contributed by atoms with Crippen LogP contribution >= 0.6 is 0 Å². The number of nitrogens with one attached hydrogen (secondary N) is 2. The van der Waals surface area contributed by atoms with Gasteiger partial charge >= 0.3 is 12.0 Å². The van der Waals surface area contributed by atoms with Crippen molar-refractivity contribution in [3.63, 3.8) is 0 Å². The van der Waals surface area contributed by atoms with E-state index in [9.17, 15) is 18.4 Å². The molecule has 1 aromatic heterocycles. The summed E-state index contributed by atoms with van der Waals surface area (Å²) in [5, 5.41) is 11.5. The molecule has 0 unspecified atom stereocenters. The van der Waals surface area contributed by atoms with Crippen molar-refractivity contribution in [2.45, 2.75) is 18.8 Å². The fraction of sp³-hybridized carbons (Fsp3) is 0.400. The molecule has 7 nitrogen and oxygen atoms in total. The van der Waals surface area contributed by atoms with Gasteiger partial charge in [-0.2, -0.15) is 0 Å². The van der Waals surface area contributed by atoms with Crippen LogP contribution in [-0.2, 0) is 6.42 Å². The molecule has 0 bridgehead atoms. The van der Waals surface area contributed by atoms with Crippen LogP contribution < -0.4 is 5.32 Å². The normalized spacial score (nSPS) is 16.5. The van der Waals surface area contributed by atoms with Gasteiger partial charge in [0.05, 0.1) is 23.1 Å². The van der Waals surface area contributed by atoms with Gasteiger partial charge in [0, 0.05) is 25.9 Å². The van der Waals surface area contributed by atoms with Gasteiger partial charge in [-0.25, -0.2) is 23.4 Å². The second kappa shape index (κ2) is 6.06. The number of alkyl halides is 2. The van der Waals surface area contributed by atoms with E-state index < -0.39 is 24.5 Å². The zero-order valence-corrected chi connectivity index (χ0v) is 12.7. The Morgan fingerprint density at radius 1 is 1.42 bits per heavy atom. The van der Waals surface area contributed by atoms with Crippen molar-refractivity contribution in [1.82, 2.24) is 20.2 Å². The highest BCUT2D eigenvalue weighted by Crippen LogP contribution is 2.26. The highest BCUT2D eigenvalue weighted by atomic mass is 19.3. The number of rotatable bonds is 4. The lowest BCUT2D eigenvalue weighted by Gasteiger charge is -2.16. The Kier molecular flexibility index (Phi) is 4.08. The predicted octanol–water partition coefficient (Wildman–Crippen LogP) is 1.85. The number of halogens is 2. The average molecular weight is 338 g/mol. The van der Waals surface area contributed by atoms with Crippen molar-refractivity contribution in [1.29, 1.82) is 0 Å². The van der Waals surface area contributed by atoms with Crippen LogP contribution in [0.3, 0.4) is 0 Å². The smallest absolute Gasteiger partial charge is 0.335 e. The fourth-order valence-corrected chi connectivity index (χ4v) is 2.62. The lowest BCUT2D eigenvalue weighted by atomic mass is 10.2. The number of H-pyrrole nitrogens is 1. The Bertz CT molecular complexity index is 790. The number of aromatic nitrogens is 2. The van der Waals surface area contributed by atoms with Crippen LogP contribution in [0.25, 0.3) is 11.0 Å². The quantitative estimate of drug-likeness (QED) is 0.792. The summed E-state index contributed by atoms with van der Waals surface area (Å²) in [5.74, 6) is -3.25. The molecule has 2 aromatic rings. The maximum atomic E-state index is 13.1. The summed E-state index contributed by atoms with van der Waals surface area (Å²) < 4.78 is 26.1. The molecule has 2 amide bonds. The van der Waals surface area contributed by atoms with Crippen LogP contribution in [0.1, 0.15) is 22.6 Å². The Balaban J connectivity index is 1.56. The van der Waals surface area contributed by atoms with E-state index in [2.05, 4.69) is 15.3 Å². The lowest BCUT2D eigenvalue weighted by Crippen LogP contribution is -2.40. The van der Waals surface area contributed by atoms with Gasteiger partial charge in [-0.1, -0.05) is 0 Å². The number of likely N-dealkylation sites (tertiary alicyclic amines) is 1. The van der Waals surface area contributed by atoms with E-state index in [1.165, 1.54) is 12.1 Å². The number of carboxylic acid groups (broad SMARTS) is 1. The number of carbonyl (C=O) groups excluding carboxylic acids is 1. The molecule has 1 aliphatic rings. The highest BCUT2D eigenvalue weighted by Gasteiger charge is 2.40. The first-order valence-electron chi connectivity index (χ1n) is 7.47. The summed E-state index contributed by atoms with van der Waals surface area (Å²) in [4.78, 5) is 31.1. The van der Waals surface area contributed by atoms with E-state index in [0.717, 1.165) is 4.90 Å². The lowest BCUT2D eigenvalue weighted by molar-refractivity contribution is 0.0154. The number of carboxylic acids is 1. The number of imidazole rings is 1. The minimum Gasteiger partial charge on any atom is -0.478 e. The second-order valence-corrected chi connectivity index (χ2v) is 5.73. The molecule has 1 aromatic carbocycles. The van der Waals surface area contributed by atoms with Gasteiger partial charge in [-0.15, -0.1) is 0 Å². The summed E-state index contributed by atoms with van der Waals surface area (Å²) in [6, 6.07) is 4.03. The number of carbonyl (C=O) groups is 2. The summed E-state index contributed by atoms with van der Waals surface area (Å²) >= 11 is 0. The number of hydrogen-bond acceptors (Lipinski definition) is 3. The van der Waals surface area contributed by atoms with Crippen LogP contribution in [0.5, 0.6) is 0 Å². The van der Waals surface area contributed by atoms with Crippen LogP contribution in [0.4, 0.5) is 13.6 Å². The molecule has 3 N–H and O–H groups in total. The summed E-state index contributed by atoms with van der Waals surface area (Å²) in [6.07, 6.45) is 0.0724. The van der Waals surface area contributed by atoms with E-state index in [4.69, 9.17) is 5.11 Å². The van der Waals surface area contributed by atoms with Crippen LogP contribution in [0.15, 0.2) is 18.2 Å². The molecule has 0 radical (unpaired) electrons. The van der Waals surface area contributed by atoms with Gasteiger partial charge in [0.1, 0.15) is 5.82 Å². The minimum absolute atomic E-state index is 0.0431. The molecule has 1 aliphatic heterocycles. The van der Waals surface area contributed by atoms with Gasteiger partial charge < -0.3 is 20.3 Å². The SMILES string of the molecule is O=C(O)c1ccc2nc(CCNC(=O)N3CCC(F)(F)C3)[nH]c2c1. The third kappa shape index (κ3) is 3.44. The van der Waals surface area contributed by atoms with Gasteiger partial charge in [-0.05, 0) is 18.2 Å². The average Bonchev–Trinajstić information content (AvgIpc) is 3.08. The van der Waals surface area contributed by atoms with Crippen LogP contribution in [-0.4, -0.2) is 57.5 Å². The van der Waals surface area contributed by atoms with Crippen molar-refractivity contribution >= 4 is 23.0 Å². The van der Waals surface area contributed by atoms with Gasteiger partial charge in [0.15, 0.2) is 0 Å². The Morgan fingerprint density at radius 2 is 2.21 bits per heavy atom. The number of aromatic carboxylic acids is 1. The van der Waals surface area contributed by atoms with Crippen molar-refractivity contribution in [3.8, 4) is 0 Å². The van der Waals surface area contributed by atoms with Gasteiger partial charge in [0.25, 0.3) is 5.92 Å². The molecule has 24 heavy (non-hydrogen) atoms. The predicted molar refractivity (Wildman–Crippen MR) is 81.3 cm³/mol. The molecule has 1 saturated heterocycles. The van der Waals surface area contributed by atoms with Gasteiger partial charge in [0.2, 0.25) is 0 Å². The van der Waals surface area contributed by atoms with Crippen LogP contribution in [0, 0.1) is 0 Å². The van der Waals surface area contributed by atoms with E-state index in [0.29, 0.717) is 23.3 Å². The number of aromatic amines is 1. The first kappa shape index (κ1) is 16.2. The number of amides is 2. The molecule has 1 fully saturated rings. The third-order valence-corrected chi connectivity index (χ3v) is 3.87. The Hall–Kier alpha value is -2.71. The first-order valence-corrected chi connectivity index (χ1v) is 7.47. The fourth-order valence-electron chi connectivity index (χ4n) is 2.62. The second-order valence-electron chi connectivity index (χ2n) is 5.73. The number of fused-ring (bicyclic) bond motifs is 1. The van der Waals surface area contributed by atoms with Crippen molar-refractivity contribution in [2.24, 2.45) is 0 Å². The summed E-state index contributed by atoms with van der Waals surface area (Å²) in [7, 11) is 0. The monoisotopic (exact) mass is 338 g/mol. The van der Waals surface area contributed by atoms with E-state index in [-0.39, 0.29) is 25.1 Å². The molecule has 0 aliphatic carbocycles. The molecule has 128 valence electrons. The Morgan fingerprint density at radius 3 is 2.88 bits per heavy atom. The number of benzene rings is 1. The van der Waals surface area contributed by atoms with Crippen molar-refractivity contribution in [3.05, 3.63) is 29.6 Å². The molecular formula is C15H16F2N4O3. The number of nitrogens with zero attached hydrogens (tertiary/aromatic N) is 2. The molecule has 0 saturated carbocycles. The first-order chi connectivity index (χ1) is 11.3. The molecule has 9 heteroatoms. The third-order valence-electron chi connectivity index (χ3n) is 3.87. The molecule has 3 rings (SSSR count). The topological polar surface area (TPSA) is 98.3 Å². The highest BCUT2D eigenvalue weighted by molar-refractivity contribution is 5.92. The molecule has 0 spiro atoms. The molecule has 0 atom stereocenters. The number of urea groups is 1.